The number of alkyl halides is 3. The van der Waals surface area contributed by atoms with Gasteiger partial charge in [-0.15, -0.1) is 0 Å². The van der Waals surface area contributed by atoms with Gasteiger partial charge in [0.05, 0.1) is 12.1 Å². The number of carbonyl (C=O) groups is 1. The molecule has 10 heteroatoms. The van der Waals surface area contributed by atoms with E-state index in [0.29, 0.717) is 43.0 Å². The van der Waals surface area contributed by atoms with Crippen LogP contribution >= 0.6 is 0 Å². The molecule has 4 aromatic rings. The molecule has 1 amide bonds. The number of carbonyl (C=O) groups excluding carboxylic acids is 1. The fourth-order valence-corrected chi connectivity index (χ4v) is 4.96. The summed E-state index contributed by atoms with van der Waals surface area (Å²) in [7, 11) is 0. The molecule has 204 valence electrons. The molecule has 0 fully saturated rings. The number of rotatable bonds is 3. The van der Waals surface area contributed by atoms with Crippen LogP contribution in [0.1, 0.15) is 44.5 Å². The summed E-state index contributed by atoms with van der Waals surface area (Å²) in [6.07, 6.45) is -2.53. The summed E-state index contributed by atoms with van der Waals surface area (Å²) >= 11 is 0. The first-order valence-electron chi connectivity index (χ1n) is 12.8. The molecule has 3 aromatic heterocycles. The lowest BCUT2D eigenvalue weighted by Gasteiger charge is -2.30. The van der Waals surface area contributed by atoms with Crippen molar-refractivity contribution in [3.8, 4) is 16.9 Å². The van der Waals surface area contributed by atoms with E-state index >= 15 is 0 Å². The topological polar surface area (TPSA) is 69.4 Å². The molecular weight excluding hydrogens is 509 g/mol. The third kappa shape index (κ3) is 5.15. The second-order valence-electron chi connectivity index (χ2n) is 10.6. The summed E-state index contributed by atoms with van der Waals surface area (Å²) < 4.78 is 47.8. The second kappa shape index (κ2) is 9.59. The normalized spacial score (nSPS) is 14.0. The molecule has 0 saturated heterocycles. The molecular formula is C29H29F3N4O3. The number of hydrogen-bond acceptors (Lipinski definition) is 4. The van der Waals surface area contributed by atoms with E-state index in [1.165, 1.54) is 22.8 Å². The molecule has 0 atom stereocenters. The molecule has 0 radical (unpaired) electrons. The van der Waals surface area contributed by atoms with Gasteiger partial charge in [-0.2, -0.15) is 13.2 Å². The molecule has 1 aromatic carbocycles. The molecule has 0 spiro atoms. The fraction of sp³-hybridized carbons (Fsp3) is 0.345. The Kier molecular flexibility index (Phi) is 6.52. The predicted octanol–water partition coefficient (Wildman–Crippen LogP) is 6.19. The average Bonchev–Trinajstić information content (AvgIpc) is 3.19. The lowest BCUT2D eigenvalue weighted by molar-refractivity contribution is -0.137. The molecule has 1 aliphatic heterocycles. The van der Waals surface area contributed by atoms with Gasteiger partial charge in [-0.25, -0.2) is 9.78 Å². The summed E-state index contributed by atoms with van der Waals surface area (Å²) in [4.78, 5) is 32.2. The van der Waals surface area contributed by atoms with Gasteiger partial charge in [-0.3, -0.25) is 9.36 Å². The van der Waals surface area contributed by atoms with E-state index in [-0.39, 0.29) is 11.7 Å². The summed E-state index contributed by atoms with van der Waals surface area (Å²) in [5, 5.41) is 0.915. The van der Waals surface area contributed by atoms with Crippen LogP contribution in [0.25, 0.3) is 28.0 Å². The van der Waals surface area contributed by atoms with E-state index in [1.807, 2.05) is 33.8 Å². The van der Waals surface area contributed by atoms with E-state index in [2.05, 4.69) is 4.57 Å². The lowest BCUT2D eigenvalue weighted by atomic mass is 10.0. The number of amides is 1. The van der Waals surface area contributed by atoms with E-state index in [1.54, 1.807) is 23.2 Å². The number of hydrogen-bond donors (Lipinski definition) is 0. The van der Waals surface area contributed by atoms with Gasteiger partial charge < -0.3 is 14.2 Å². The van der Waals surface area contributed by atoms with Gasteiger partial charge in [-0.05, 0) is 69.2 Å². The third-order valence-electron chi connectivity index (χ3n) is 6.76. The number of aromatic nitrogens is 3. The van der Waals surface area contributed by atoms with Gasteiger partial charge in [0.1, 0.15) is 17.1 Å². The van der Waals surface area contributed by atoms with Crippen molar-refractivity contribution in [1.29, 1.82) is 0 Å². The zero-order valence-corrected chi connectivity index (χ0v) is 22.2. The number of pyridine rings is 2. The van der Waals surface area contributed by atoms with Crippen molar-refractivity contribution in [2.24, 2.45) is 0 Å². The van der Waals surface area contributed by atoms with Crippen LogP contribution in [0, 0.1) is 0 Å². The Balaban J connectivity index is 1.47. The van der Waals surface area contributed by atoms with E-state index in [9.17, 15) is 22.8 Å². The predicted molar refractivity (Wildman–Crippen MR) is 142 cm³/mol. The van der Waals surface area contributed by atoms with Gasteiger partial charge in [0.2, 0.25) is 0 Å². The number of fused-ring (bicyclic) bond motifs is 3. The molecule has 5 rings (SSSR count). The Morgan fingerprint density at radius 1 is 1.03 bits per heavy atom. The average molecular weight is 539 g/mol. The Labute approximate surface area is 223 Å². The third-order valence-corrected chi connectivity index (χ3v) is 6.76. The van der Waals surface area contributed by atoms with Gasteiger partial charge in [-0.1, -0.05) is 12.1 Å². The zero-order valence-electron chi connectivity index (χ0n) is 22.2. The van der Waals surface area contributed by atoms with Gasteiger partial charge in [0, 0.05) is 48.4 Å². The monoisotopic (exact) mass is 538 g/mol. The molecule has 0 unspecified atom stereocenters. The van der Waals surface area contributed by atoms with Crippen molar-refractivity contribution in [3.05, 3.63) is 81.9 Å². The van der Waals surface area contributed by atoms with Crippen LogP contribution in [0.2, 0.25) is 0 Å². The Morgan fingerprint density at radius 2 is 1.74 bits per heavy atom. The quantitative estimate of drug-likeness (QED) is 0.312. The highest BCUT2D eigenvalue weighted by atomic mass is 19.4. The molecule has 0 bridgehead atoms. The summed E-state index contributed by atoms with van der Waals surface area (Å²) in [5.41, 5.74) is 2.21. The van der Waals surface area contributed by atoms with E-state index in [0.717, 1.165) is 34.4 Å². The molecule has 7 nitrogen and oxygen atoms in total. The number of nitrogens with zero attached hydrogens (tertiary/aromatic N) is 4. The Bertz CT molecular complexity index is 1610. The highest BCUT2D eigenvalue weighted by Gasteiger charge is 2.31. The minimum Gasteiger partial charge on any atom is -0.444 e. The smallest absolute Gasteiger partial charge is 0.416 e. The van der Waals surface area contributed by atoms with Crippen molar-refractivity contribution in [2.75, 3.05) is 6.54 Å². The van der Waals surface area contributed by atoms with Crippen LogP contribution in [0.5, 0.6) is 0 Å². The standard InChI is InChI=1S/C29H29F3N4O3/c1-5-35-23-13-14-34(27(38)39-28(2,3)4)17-22(23)21-10-11-24(33-26(21)35)36-15-12-19(16-25(36)37)18-6-8-20(9-7-18)29(30,31)32/h6-12,15-16H,5,13-14,17H2,1-4H3. The van der Waals surface area contributed by atoms with E-state index in [4.69, 9.17) is 9.72 Å². The first-order chi connectivity index (χ1) is 18.4. The number of benzene rings is 1. The number of aryl methyl sites for hydroxylation is 1. The molecule has 1 aliphatic rings. The highest BCUT2D eigenvalue weighted by Crippen LogP contribution is 2.32. The van der Waals surface area contributed by atoms with Gasteiger partial charge in [0.15, 0.2) is 0 Å². The Morgan fingerprint density at radius 3 is 2.36 bits per heavy atom. The fourth-order valence-electron chi connectivity index (χ4n) is 4.96. The minimum absolute atomic E-state index is 0.352. The Hall–Kier alpha value is -4.08. The van der Waals surface area contributed by atoms with Crippen LogP contribution < -0.4 is 5.56 Å². The van der Waals surface area contributed by atoms with Crippen LogP contribution in [0.3, 0.4) is 0 Å². The minimum atomic E-state index is -4.42. The van der Waals surface area contributed by atoms with Crippen molar-refractivity contribution in [1.82, 2.24) is 19.0 Å². The molecule has 39 heavy (non-hydrogen) atoms. The lowest BCUT2D eigenvalue weighted by Crippen LogP contribution is -2.40. The van der Waals surface area contributed by atoms with Crippen LogP contribution in [0.15, 0.2) is 59.5 Å². The summed E-state index contributed by atoms with van der Waals surface area (Å²) in [6.45, 7) is 9.17. The molecule has 0 aliphatic carbocycles. The van der Waals surface area contributed by atoms with Gasteiger partial charge >= 0.3 is 12.3 Å². The summed E-state index contributed by atoms with van der Waals surface area (Å²) in [5.74, 6) is 0.431. The maximum absolute atomic E-state index is 13.0. The number of ether oxygens (including phenoxy) is 1. The second-order valence-corrected chi connectivity index (χ2v) is 10.6. The zero-order chi connectivity index (χ0) is 28.1. The maximum atomic E-state index is 13.0. The SMILES string of the molecule is CCn1c2c(c3ccc(-n4ccc(-c5ccc(C(F)(F)F)cc5)cc4=O)nc31)CN(C(=O)OC(C)(C)C)CC2. The molecule has 0 N–H and O–H groups in total. The largest absolute Gasteiger partial charge is 0.444 e. The van der Waals surface area contributed by atoms with Crippen molar-refractivity contribution < 1.29 is 22.7 Å². The highest BCUT2D eigenvalue weighted by molar-refractivity contribution is 5.84. The van der Waals surface area contributed by atoms with Crippen LogP contribution in [0.4, 0.5) is 18.0 Å². The van der Waals surface area contributed by atoms with Crippen LogP contribution in [-0.4, -0.2) is 37.3 Å². The first kappa shape index (κ1) is 26.5. The van der Waals surface area contributed by atoms with Crippen molar-refractivity contribution in [3.63, 3.8) is 0 Å². The molecule has 0 saturated carbocycles. The number of halogens is 3. The van der Waals surface area contributed by atoms with Crippen molar-refractivity contribution in [2.45, 2.75) is 59.0 Å². The summed E-state index contributed by atoms with van der Waals surface area (Å²) in [6, 6.07) is 11.4. The molecule has 4 heterocycles. The van der Waals surface area contributed by atoms with Crippen molar-refractivity contribution >= 4 is 17.1 Å². The van der Waals surface area contributed by atoms with Gasteiger partial charge in [0.25, 0.3) is 5.56 Å². The maximum Gasteiger partial charge on any atom is 0.416 e. The first-order valence-corrected chi connectivity index (χ1v) is 12.8. The van der Waals surface area contributed by atoms with E-state index < -0.39 is 17.3 Å². The van der Waals surface area contributed by atoms with Crippen LogP contribution in [-0.2, 0) is 30.4 Å².